The highest BCUT2D eigenvalue weighted by Gasteiger charge is 2.39. The summed E-state index contributed by atoms with van der Waals surface area (Å²) in [5, 5.41) is 14.7. The number of carbonyl (C=O) groups excluding carboxylic acids is 8. The standard InChI is InChI=1S/C48H53N9O10S/c1-55-24-35(33-22-37(53-43(33)48(55)66)45(63)51-18-17-49-39(58)15-19-56-41(60)13-14-42(56)61)32-20-29(26-68(2)67)31(21-36(32)52-23-27-9-10-27)44(62)50-16-4-3-6-28-7-5-8-30-34(28)25-57(47(30)65)38-11-12-40(59)54-46(38)64/h5,7-8,13-14,20-22,24,27,38,52-53H,3-4,6,9-12,15-19,23,25-26H2,1-2H3,(H,49,58)(H,50,62)(H,51,63)(H,54,59,64). The number of imide groups is 2. The molecule has 4 aliphatic rings. The van der Waals surface area contributed by atoms with E-state index in [0.29, 0.717) is 77.2 Å². The average molecular weight is 948 g/mol. The van der Waals surface area contributed by atoms with Crippen molar-refractivity contribution in [3.05, 3.63) is 98.6 Å². The third-order valence-corrected chi connectivity index (χ3v) is 13.4. The lowest BCUT2D eigenvalue weighted by Crippen LogP contribution is -2.52. The van der Waals surface area contributed by atoms with Crippen LogP contribution in [-0.2, 0) is 60.5 Å². The van der Waals surface area contributed by atoms with Gasteiger partial charge >= 0.3 is 0 Å². The van der Waals surface area contributed by atoms with E-state index in [1.54, 1.807) is 37.7 Å². The molecule has 2 aromatic heterocycles. The van der Waals surface area contributed by atoms with Gasteiger partial charge in [-0.25, -0.2) is 0 Å². The summed E-state index contributed by atoms with van der Waals surface area (Å²) in [6.45, 7) is 1.33. The molecular weight excluding hydrogens is 895 g/mol. The molecule has 8 rings (SSSR count). The van der Waals surface area contributed by atoms with Crippen LogP contribution in [0.15, 0.2) is 59.5 Å². The third-order valence-electron chi connectivity index (χ3n) is 12.7. The van der Waals surface area contributed by atoms with E-state index in [4.69, 9.17) is 0 Å². The van der Waals surface area contributed by atoms with Crippen molar-refractivity contribution >= 4 is 74.6 Å². The van der Waals surface area contributed by atoms with Gasteiger partial charge in [-0.2, -0.15) is 0 Å². The fraction of sp³-hybridized carbons (Fsp3) is 0.396. The Morgan fingerprint density at radius 1 is 0.838 bits per heavy atom. The van der Waals surface area contributed by atoms with Crippen LogP contribution in [0.4, 0.5) is 5.69 Å². The fourth-order valence-electron chi connectivity index (χ4n) is 8.86. The third kappa shape index (κ3) is 10.5. The summed E-state index contributed by atoms with van der Waals surface area (Å²) in [6.07, 6.45) is 9.96. The molecule has 1 saturated carbocycles. The van der Waals surface area contributed by atoms with Crippen LogP contribution >= 0.6 is 0 Å². The molecule has 6 N–H and O–H groups in total. The molecular formula is C48H53N9O10S. The Morgan fingerprint density at radius 3 is 2.32 bits per heavy atom. The Hall–Kier alpha value is -7.22. The first kappa shape index (κ1) is 47.3. The van der Waals surface area contributed by atoms with E-state index in [1.165, 1.54) is 9.47 Å². The highest BCUT2D eigenvalue weighted by molar-refractivity contribution is 7.83. The summed E-state index contributed by atoms with van der Waals surface area (Å²) in [5.74, 6) is -2.73. The Morgan fingerprint density at radius 2 is 1.59 bits per heavy atom. The van der Waals surface area contributed by atoms with Gasteiger partial charge in [-0.1, -0.05) is 12.1 Å². The lowest BCUT2D eigenvalue weighted by atomic mass is 9.95. The van der Waals surface area contributed by atoms with Gasteiger partial charge in [0, 0.05) is 134 Å². The smallest absolute Gasteiger partial charge is 0.274 e. The van der Waals surface area contributed by atoms with Crippen LogP contribution in [0, 0.1) is 5.92 Å². The topological polar surface area (TPSA) is 258 Å². The Labute approximate surface area is 393 Å². The van der Waals surface area contributed by atoms with Crippen molar-refractivity contribution in [2.45, 2.75) is 69.7 Å². The van der Waals surface area contributed by atoms with Gasteiger partial charge in [0.1, 0.15) is 17.3 Å². The molecule has 0 bridgehead atoms. The summed E-state index contributed by atoms with van der Waals surface area (Å²) >= 11 is 0. The number of pyridine rings is 1. The van der Waals surface area contributed by atoms with Gasteiger partial charge in [-0.15, -0.1) is 0 Å². The van der Waals surface area contributed by atoms with E-state index in [2.05, 4.69) is 31.6 Å². The number of piperidine rings is 1. The van der Waals surface area contributed by atoms with E-state index in [-0.39, 0.29) is 85.7 Å². The number of unbranched alkanes of at least 4 members (excludes halogenated alkanes) is 1. The first-order valence-electron chi connectivity index (χ1n) is 22.7. The first-order chi connectivity index (χ1) is 32.7. The highest BCUT2D eigenvalue weighted by Crippen LogP contribution is 2.38. The number of aromatic amines is 1. The molecule has 19 nitrogen and oxygen atoms in total. The molecule has 3 aliphatic heterocycles. The second-order valence-corrected chi connectivity index (χ2v) is 19.0. The maximum atomic E-state index is 14.0. The lowest BCUT2D eigenvalue weighted by molar-refractivity contribution is -0.138. The number of hydrogen-bond donors (Lipinski definition) is 6. The van der Waals surface area contributed by atoms with Gasteiger partial charge in [0.15, 0.2) is 0 Å². The summed E-state index contributed by atoms with van der Waals surface area (Å²) in [6, 6.07) is 10.0. The van der Waals surface area contributed by atoms with Crippen molar-refractivity contribution in [3.8, 4) is 11.1 Å². The number of hydrogen-bond acceptors (Lipinski definition) is 11. The molecule has 0 spiro atoms. The van der Waals surface area contributed by atoms with Gasteiger partial charge in [-0.05, 0) is 85.4 Å². The first-order valence-corrected chi connectivity index (χ1v) is 24.4. The Kier molecular flexibility index (Phi) is 14.1. The number of H-pyrrole nitrogens is 1. The fourth-order valence-corrected chi connectivity index (χ4v) is 9.54. The summed E-state index contributed by atoms with van der Waals surface area (Å²) in [5.41, 5.74) is 5.07. The van der Waals surface area contributed by atoms with E-state index in [9.17, 15) is 47.4 Å². The molecule has 68 heavy (non-hydrogen) atoms. The number of aryl methyl sites for hydroxylation is 2. The number of amides is 8. The normalized spacial score (nSPS) is 17.1. The highest BCUT2D eigenvalue weighted by atomic mass is 32.2. The number of fused-ring (bicyclic) bond motifs is 2. The van der Waals surface area contributed by atoms with Crippen molar-refractivity contribution in [2.75, 3.05) is 44.3 Å². The van der Waals surface area contributed by atoms with Crippen LogP contribution in [0.2, 0.25) is 0 Å². The summed E-state index contributed by atoms with van der Waals surface area (Å²) in [7, 11) is 0.257. The van der Waals surface area contributed by atoms with Crippen LogP contribution in [0.3, 0.4) is 0 Å². The van der Waals surface area contributed by atoms with Gasteiger partial charge in [0.05, 0.1) is 0 Å². The molecule has 1 aliphatic carbocycles. The molecule has 0 radical (unpaired) electrons. The molecule has 2 fully saturated rings. The number of rotatable bonds is 20. The zero-order valence-electron chi connectivity index (χ0n) is 37.8. The largest absolute Gasteiger partial charge is 0.384 e. The number of aromatic nitrogens is 2. The molecule has 5 heterocycles. The van der Waals surface area contributed by atoms with E-state index in [0.717, 1.165) is 41.0 Å². The zero-order valence-corrected chi connectivity index (χ0v) is 38.6. The molecule has 2 aromatic carbocycles. The minimum Gasteiger partial charge on any atom is -0.384 e. The lowest BCUT2D eigenvalue weighted by Gasteiger charge is -2.29. The average Bonchev–Trinajstić information content (AvgIpc) is 3.80. The van der Waals surface area contributed by atoms with E-state index in [1.807, 2.05) is 18.2 Å². The van der Waals surface area contributed by atoms with Crippen molar-refractivity contribution in [2.24, 2.45) is 13.0 Å². The van der Waals surface area contributed by atoms with Crippen molar-refractivity contribution < 1.29 is 42.6 Å². The van der Waals surface area contributed by atoms with Crippen molar-refractivity contribution in [3.63, 3.8) is 0 Å². The van der Waals surface area contributed by atoms with Gasteiger partial charge in [0.2, 0.25) is 17.7 Å². The number of anilines is 1. The number of benzene rings is 2. The summed E-state index contributed by atoms with van der Waals surface area (Å²) in [4.78, 5) is 120. The van der Waals surface area contributed by atoms with E-state index >= 15 is 0 Å². The molecule has 2 atom stereocenters. The molecule has 2 unspecified atom stereocenters. The monoisotopic (exact) mass is 947 g/mol. The zero-order chi connectivity index (χ0) is 48.2. The minimum absolute atomic E-state index is 0.0498. The predicted octanol–water partition coefficient (Wildman–Crippen LogP) is 1.91. The maximum Gasteiger partial charge on any atom is 0.274 e. The van der Waals surface area contributed by atoms with Gasteiger partial charge in [-0.3, -0.25) is 57.6 Å². The van der Waals surface area contributed by atoms with E-state index < -0.39 is 46.4 Å². The second-order valence-electron chi connectivity index (χ2n) is 17.6. The summed E-state index contributed by atoms with van der Waals surface area (Å²) < 4.78 is 14.2. The molecule has 4 aromatic rings. The molecule has 356 valence electrons. The molecule has 20 heteroatoms. The van der Waals surface area contributed by atoms with Gasteiger partial charge in [0.25, 0.3) is 35.1 Å². The van der Waals surface area contributed by atoms with Crippen LogP contribution in [0.5, 0.6) is 0 Å². The number of nitrogens with zero attached hydrogens (tertiary/aromatic N) is 3. The Bertz CT molecular complexity index is 2860. The molecule has 1 saturated heterocycles. The minimum atomic E-state index is -1.34. The van der Waals surface area contributed by atoms with Crippen molar-refractivity contribution in [1.82, 2.24) is 40.6 Å². The van der Waals surface area contributed by atoms with Crippen LogP contribution in [0.25, 0.3) is 22.0 Å². The van der Waals surface area contributed by atoms with Crippen molar-refractivity contribution in [1.29, 1.82) is 0 Å². The van der Waals surface area contributed by atoms with Gasteiger partial charge < -0.3 is 35.7 Å². The molecule has 8 amide bonds. The second kappa shape index (κ2) is 20.3. The van der Waals surface area contributed by atoms with Crippen LogP contribution in [0.1, 0.15) is 92.8 Å². The number of carbonyl (C=O) groups is 8. The SMILES string of the molecule is Cn1cc(-c2cc(CS(C)=O)c(C(=O)NCCCCc3cccc4c3CN(C3CCC(=O)NC3=O)C4=O)cc2NCC2CC2)c2cc(C(=O)NCCNC(=O)CCN3C(=O)C=CC3=O)[nH]c2c1=O. The van der Waals surface area contributed by atoms with Crippen LogP contribution < -0.4 is 32.1 Å². The number of nitrogens with one attached hydrogen (secondary N) is 6. The predicted molar refractivity (Wildman–Crippen MR) is 252 cm³/mol. The van der Waals surface area contributed by atoms with Crippen LogP contribution in [-0.4, -0.2) is 116 Å². The Balaban J connectivity index is 0.944. The maximum absolute atomic E-state index is 14.0. The quantitative estimate of drug-likeness (QED) is 0.0551.